The fourth-order valence-electron chi connectivity index (χ4n) is 2.69. The fraction of sp³-hybridized carbons (Fsp3) is 0.467. The lowest BCUT2D eigenvalue weighted by Gasteiger charge is -2.28. The van der Waals surface area contributed by atoms with Crippen LogP contribution < -0.4 is 4.74 Å². The summed E-state index contributed by atoms with van der Waals surface area (Å²) in [4.78, 5) is 23.7. The first kappa shape index (κ1) is 16.3. The number of carbonyl (C=O) groups is 2. The predicted octanol–water partition coefficient (Wildman–Crippen LogP) is 3.21. The zero-order chi connectivity index (χ0) is 16.3. The van der Waals surface area contributed by atoms with Crippen LogP contribution in [0, 0.1) is 5.92 Å². The van der Waals surface area contributed by atoms with Crippen molar-refractivity contribution in [2.45, 2.75) is 31.5 Å². The van der Waals surface area contributed by atoms with Gasteiger partial charge in [-0.3, -0.25) is 9.59 Å². The van der Waals surface area contributed by atoms with E-state index in [0.29, 0.717) is 6.42 Å². The first-order valence-electron chi connectivity index (χ1n) is 6.77. The lowest BCUT2D eigenvalue weighted by molar-refractivity contribution is -0.275. The minimum Gasteiger partial charge on any atom is -0.469 e. The van der Waals surface area contributed by atoms with Crippen LogP contribution >= 0.6 is 0 Å². The quantitative estimate of drug-likeness (QED) is 0.804. The van der Waals surface area contributed by atoms with Crippen molar-refractivity contribution >= 4 is 11.8 Å². The molecule has 1 saturated carbocycles. The van der Waals surface area contributed by atoms with E-state index < -0.39 is 29.9 Å². The molecule has 7 heteroatoms. The van der Waals surface area contributed by atoms with Crippen LogP contribution in [0.5, 0.6) is 5.75 Å². The van der Waals surface area contributed by atoms with Crippen molar-refractivity contribution in [1.29, 1.82) is 0 Å². The lowest BCUT2D eigenvalue weighted by atomic mass is 9.77. The van der Waals surface area contributed by atoms with Gasteiger partial charge in [0, 0.05) is 17.9 Å². The summed E-state index contributed by atoms with van der Waals surface area (Å²) < 4.78 is 46.0. The maximum atomic E-state index is 12.5. The molecule has 0 N–H and O–H groups in total. The summed E-state index contributed by atoms with van der Waals surface area (Å²) in [6.45, 7) is 0. The Hall–Kier alpha value is -2.05. The Morgan fingerprint density at radius 1 is 1.27 bits per heavy atom. The topological polar surface area (TPSA) is 52.6 Å². The first-order chi connectivity index (χ1) is 10.3. The van der Waals surface area contributed by atoms with Crippen LogP contribution in [0.25, 0.3) is 0 Å². The normalized spacial score (nSPS) is 22.3. The van der Waals surface area contributed by atoms with Crippen LogP contribution in [-0.2, 0) is 14.3 Å². The van der Waals surface area contributed by atoms with Crippen molar-refractivity contribution in [1.82, 2.24) is 0 Å². The van der Waals surface area contributed by atoms with Crippen molar-refractivity contribution in [3.63, 3.8) is 0 Å². The van der Waals surface area contributed by atoms with Crippen LogP contribution in [0.4, 0.5) is 13.2 Å². The summed E-state index contributed by atoms with van der Waals surface area (Å²) in [5.74, 6) is -2.34. The van der Waals surface area contributed by atoms with Crippen molar-refractivity contribution in [3.8, 4) is 5.75 Å². The molecule has 0 heterocycles. The number of para-hydroxylation sites is 1. The van der Waals surface area contributed by atoms with Gasteiger partial charge < -0.3 is 9.47 Å². The van der Waals surface area contributed by atoms with Gasteiger partial charge in [0.15, 0.2) is 0 Å². The summed E-state index contributed by atoms with van der Waals surface area (Å²) in [6.07, 6.45) is -4.23. The van der Waals surface area contributed by atoms with Gasteiger partial charge in [0.05, 0.1) is 13.0 Å². The third-order valence-electron chi connectivity index (χ3n) is 3.70. The van der Waals surface area contributed by atoms with Crippen LogP contribution in [0.2, 0.25) is 0 Å². The fourth-order valence-corrected chi connectivity index (χ4v) is 2.69. The number of carbonyl (C=O) groups excluding carboxylic acids is 2. The highest BCUT2D eigenvalue weighted by molar-refractivity contribution is 5.89. The second kappa shape index (κ2) is 6.37. The summed E-state index contributed by atoms with van der Waals surface area (Å²) >= 11 is 0. The number of ether oxygens (including phenoxy) is 2. The smallest absolute Gasteiger partial charge is 0.469 e. The van der Waals surface area contributed by atoms with Crippen LogP contribution in [0.3, 0.4) is 0 Å². The molecule has 1 fully saturated rings. The van der Waals surface area contributed by atoms with Gasteiger partial charge in [-0.15, -0.1) is 13.2 Å². The standard InChI is InChI=1S/C15H15F3O4/c1-21-14(20)9-6-7-12(19)11(8-9)10-4-2-3-5-13(10)22-15(16,17)18/h2-5,9,11H,6-8H2,1H3. The average Bonchev–Trinajstić information content (AvgIpc) is 2.46. The van der Waals surface area contributed by atoms with E-state index in [1.165, 1.54) is 25.3 Å². The van der Waals surface area contributed by atoms with Gasteiger partial charge in [0.25, 0.3) is 0 Å². The van der Waals surface area contributed by atoms with E-state index in [-0.39, 0.29) is 24.2 Å². The zero-order valence-electron chi connectivity index (χ0n) is 11.9. The Morgan fingerprint density at radius 2 is 1.95 bits per heavy atom. The maximum Gasteiger partial charge on any atom is 0.573 e. The van der Waals surface area contributed by atoms with Crippen molar-refractivity contribution in [3.05, 3.63) is 29.8 Å². The SMILES string of the molecule is COC(=O)C1CCC(=O)C(c2ccccc2OC(F)(F)F)C1. The van der Waals surface area contributed by atoms with E-state index >= 15 is 0 Å². The van der Waals surface area contributed by atoms with Gasteiger partial charge in [-0.25, -0.2) is 0 Å². The van der Waals surface area contributed by atoms with E-state index in [1.807, 2.05) is 0 Å². The highest BCUT2D eigenvalue weighted by atomic mass is 19.4. The van der Waals surface area contributed by atoms with E-state index in [0.717, 1.165) is 6.07 Å². The number of Topliss-reactive ketones (excluding diaryl/α,β-unsaturated/α-hetero) is 1. The molecule has 0 bridgehead atoms. The van der Waals surface area contributed by atoms with E-state index in [9.17, 15) is 22.8 Å². The Bertz CT molecular complexity index is 568. The Balaban J connectivity index is 2.29. The van der Waals surface area contributed by atoms with Gasteiger partial charge in [0.1, 0.15) is 11.5 Å². The van der Waals surface area contributed by atoms with E-state index in [2.05, 4.69) is 9.47 Å². The molecule has 0 aromatic heterocycles. The molecule has 2 rings (SSSR count). The molecule has 2 unspecified atom stereocenters. The molecule has 22 heavy (non-hydrogen) atoms. The van der Waals surface area contributed by atoms with Crippen molar-refractivity contribution < 1.29 is 32.2 Å². The van der Waals surface area contributed by atoms with Crippen LogP contribution in [-0.4, -0.2) is 25.2 Å². The largest absolute Gasteiger partial charge is 0.573 e. The number of hydrogen-bond donors (Lipinski definition) is 0. The molecular weight excluding hydrogens is 301 g/mol. The second-order valence-electron chi connectivity index (χ2n) is 5.10. The molecule has 0 saturated heterocycles. The Kier molecular flexibility index (Phi) is 4.73. The number of ketones is 1. The Labute approximate surface area is 125 Å². The van der Waals surface area contributed by atoms with E-state index in [4.69, 9.17) is 0 Å². The molecule has 0 aliphatic heterocycles. The van der Waals surface area contributed by atoms with Crippen LogP contribution in [0.1, 0.15) is 30.7 Å². The molecule has 0 spiro atoms. The van der Waals surface area contributed by atoms with Gasteiger partial charge in [-0.1, -0.05) is 18.2 Å². The minimum absolute atomic E-state index is 0.129. The van der Waals surface area contributed by atoms with Gasteiger partial charge >= 0.3 is 12.3 Å². The number of methoxy groups -OCH3 is 1. The van der Waals surface area contributed by atoms with Gasteiger partial charge in [0.2, 0.25) is 0 Å². The number of rotatable bonds is 3. The predicted molar refractivity (Wildman–Crippen MR) is 70.2 cm³/mol. The molecular formula is C15H15F3O4. The molecule has 1 aliphatic carbocycles. The first-order valence-corrected chi connectivity index (χ1v) is 6.77. The van der Waals surface area contributed by atoms with Crippen molar-refractivity contribution in [2.24, 2.45) is 5.92 Å². The zero-order valence-corrected chi connectivity index (χ0v) is 11.9. The third-order valence-corrected chi connectivity index (χ3v) is 3.70. The molecule has 0 radical (unpaired) electrons. The maximum absolute atomic E-state index is 12.5. The molecule has 1 aromatic carbocycles. The highest BCUT2D eigenvalue weighted by Gasteiger charge is 2.38. The Morgan fingerprint density at radius 3 is 2.59 bits per heavy atom. The molecule has 4 nitrogen and oxygen atoms in total. The molecule has 120 valence electrons. The molecule has 0 amide bonds. The summed E-state index contributed by atoms with van der Waals surface area (Å²) in [5, 5.41) is 0. The number of halogens is 3. The molecule has 1 aliphatic rings. The van der Waals surface area contributed by atoms with Gasteiger partial charge in [-0.2, -0.15) is 0 Å². The van der Waals surface area contributed by atoms with E-state index in [1.54, 1.807) is 0 Å². The van der Waals surface area contributed by atoms with Crippen molar-refractivity contribution in [2.75, 3.05) is 7.11 Å². The van der Waals surface area contributed by atoms with Gasteiger partial charge in [-0.05, 0) is 18.9 Å². The summed E-state index contributed by atoms with van der Waals surface area (Å²) in [6, 6.07) is 5.52. The molecule has 2 atom stereocenters. The lowest BCUT2D eigenvalue weighted by Crippen LogP contribution is -2.29. The number of esters is 1. The minimum atomic E-state index is -4.84. The average molecular weight is 316 g/mol. The molecule has 1 aromatic rings. The second-order valence-corrected chi connectivity index (χ2v) is 5.10. The number of hydrogen-bond acceptors (Lipinski definition) is 4. The summed E-state index contributed by atoms with van der Waals surface area (Å²) in [7, 11) is 1.24. The van der Waals surface area contributed by atoms with Crippen LogP contribution in [0.15, 0.2) is 24.3 Å². The number of alkyl halides is 3. The highest BCUT2D eigenvalue weighted by Crippen LogP contribution is 2.39. The summed E-state index contributed by atoms with van der Waals surface area (Å²) in [5.41, 5.74) is 0.151. The third kappa shape index (κ3) is 3.78. The number of benzene rings is 1. The monoisotopic (exact) mass is 316 g/mol.